The Morgan fingerprint density at radius 1 is 1.10 bits per heavy atom. The molecule has 0 aliphatic carbocycles. The molecule has 0 N–H and O–H groups in total. The molecule has 1 fully saturated rings. The number of benzene rings is 1. The van der Waals surface area contributed by atoms with E-state index in [-0.39, 0.29) is 22.6 Å². The first-order valence-corrected chi connectivity index (χ1v) is 12.8. The minimum Gasteiger partial charge on any atom is -0.335 e. The molecular formula is C22H30N4O3S2. The molecule has 1 aromatic carbocycles. The Labute approximate surface area is 189 Å². The predicted octanol–water partition coefficient (Wildman–Crippen LogP) is 2.55. The smallest absolute Gasteiger partial charge is 0.244 e. The van der Waals surface area contributed by atoms with Crippen molar-refractivity contribution in [3.63, 3.8) is 0 Å². The molecule has 3 rings (SSSR count). The number of piperazine rings is 1. The van der Waals surface area contributed by atoms with Crippen LogP contribution in [0.2, 0.25) is 0 Å². The van der Waals surface area contributed by atoms with Crippen LogP contribution in [0.25, 0.3) is 0 Å². The van der Waals surface area contributed by atoms with E-state index in [4.69, 9.17) is 0 Å². The molecule has 0 atom stereocenters. The monoisotopic (exact) mass is 462 g/mol. The van der Waals surface area contributed by atoms with Crippen molar-refractivity contribution in [2.45, 2.75) is 36.4 Å². The van der Waals surface area contributed by atoms with Crippen LogP contribution in [0.1, 0.15) is 19.4 Å². The number of rotatable bonds is 8. The number of carbonyl (C=O) groups is 1. The second-order valence-electron chi connectivity index (χ2n) is 7.93. The molecule has 1 aliphatic heterocycles. The van der Waals surface area contributed by atoms with Crippen molar-refractivity contribution in [2.75, 3.05) is 39.0 Å². The fraction of sp³-hybridized carbons (Fsp3) is 0.455. The summed E-state index contributed by atoms with van der Waals surface area (Å²) in [6.45, 7) is 6.97. The molecule has 1 saturated heterocycles. The van der Waals surface area contributed by atoms with Crippen molar-refractivity contribution in [1.29, 1.82) is 0 Å². The highest BCUT2D eigenvalue weighted by atomic mass is 32.2. The molecule has 0 saturated carbocycles. The molecule has 0 unspecified atom stereocenters. The number of thioether (sulfide) groups is 1. The van der Waals surface area contributed by atoms with Crippen molar-refractivity contribution in [1.82, 2.24) is 19.1 Å². The van der Waals surface area contributed by atoms with Crippen LogP contribution in [0.3, 0.4) is 0 Å². The molecule has 0 bridgehead atoms. The van der Waals surface area contributed by atoms with E-state index in [1.807, 2.05) is 56.1 Å². The van der Waals surface area contributed by atoms with Gasteiger partial charge in [0.2, 0.25) is 15.9 Å². The highest BCUT2D eigenvalue weighted by Crippen LogP contribution is 2.21. The normalized spacial score (nSPS) is 15.9. The first kappa shape index (κ1) is 23.7. The summed E-state index contributed by atoms with van der Waals surface area (Å²) in [5.74, 6) is 0.280. The molecule has 1 aliphatic rings. The third-order valence-corrected chi connectivity index (χ3v) is 8.10. The van der Waals surface area contributed by atoms with Crippen molar-refractivity contribution < 1.29 is 13.2 Å². The zero-order valence-corrected chi connectivity index (χ0v) is 19.9. The van der Waals surface area contributed by atoms with E-state index >= 15 is 0 Å². The van der Waals surface area contributed by atoms with Crippen LogP contribution in [0.15, 0.2) is 58.6 Å². The molecule has 0 radical (unpaired) electrons. The number of aromatic nitrogens is 1. The third kappa shape index (κ3) is 6.29. The Kier molecular flexibility index (Phi) is 8.10. The molecule has 168 valence electrons. The summed E-state index contributed by atoms with van der Waals surface area (Å²) in [5, 5.41) is 0.633. The molecule has 7 nitrogen and oxygen atoms in total. The SMILES string of the molecule is CC(C)N(Cc1ccccc1)C(=O)CSc1ccc(S(=O)(=O)N2CCN(C)CC2)cn1. The summed E-state index contributed by atoms with van der Waals surface area (Å²) >= 11 is 1.32. The number of hydrogen-bond acceptors (Lipinski definition) is 6. The van der Waals surface area contributed by atoms with E-state index in [2.05, 4.69) is 9.88 Å². The highest BCUT2D eigenvalue weighted by Gasteiger charge is 2.27. The van der Waals surface area contributed by atoms with Gasteiger partial charge in [-0.2, -0.15) is 4.31 Å². The van der Waals surface area contributed by atoms with E-state index < -0.39 is 10.0 Å². The number of carbonyl (C=O) groups excluding carboxylic acids is 1. The lowest BCUT2D eigenvalue weighted by atomic mass is 10.2. The summed E-state index contributed by atoms with van der Waals surface area (Å²) in [4.78, 5) is 21.2. The standard InChI is InChI=1S/C22H30N4O3S2/c1-18(2)26(16-19-7-5-4-6-8-19)22(27)17-30-21-10-9-20(15-23-21)31(28,29)25-13-11-24(3)12-14-25/h4-10,15,18H,11-14,16-17H2,1-3H3. The van der Waals surface area contributed by atoms with Crippen LogP contribution >= 0.6 is 11.8 Å². The number of hydrogen-bond donors (Lipinski definition) is 0. The second kappa shape index (κ2) is 10.6. The van der Waals surface area contributed by atoms with Crippen molar-refractivity contribution in [3.05, 3.63) is 54.2 Å². The molecule has 9 heteroatoms. The fourth-order valence-electron chi connectivity index (χ4n) is 3.34. The van der Waals surface area contributed by atoms with Gasteiger partial charge in [-0.25, -0.2) is 13.4 Å². The second-order valence-corrected chi connectivity index (χ2v) is 10.9. The lowest BCUT2D eigenvalue weighted by Crippen LogP contribution is -2.47. The van der Waals surface area contributed by atoms with Crippen LogP contribution in [0.5, 0.6) is 0 Å². The molecule has 2 aromatic rings. The summed E-state index contributed by atoms with van der Waals surface area (Å²) in [6.07, 6.45) is 1.39. The Hall–Kier alpha value is -1.94. The molecular weight excluding hydrogens is 432 g/mol. The highest BCUT2D eigenvalue weighted by molar-refractivity contribution is 7.99. The van der Waals surface area contributed by atoms with Crippen LogP contribution in [0.4, 0.5) is 0 Å². The summed E-state index contributed by atoms with van der Waals surface area (Å²) in [5.41, 5.74) is 1.09. The van der Waals surface area contributed by atoms with Crippen LogP contribution in [-0.4, -0.2) is 78.4 Å². The molecule has 1 aromatic heterocycles. The average molecular weight is 463 g/mol. The lowest BCUT2D eigenvalue weighted by Gasteiger charge is -2.31. The largest absolute Gasteiger partial charge is 0.335 e. The van der Waals surface area contributed by atoms with Gasteiger partial charge < -0.3 is 9.80 Å². The van der Waals surface area contributed by atoms with Gasteiger partial charge in [0.15, 0.2) is 0 Å². The predicted molar refractivity (Wildman–Crippen MR) is 123 cm³/mol. The van der Waals surface area contributed by atoms with Crippen molar-refractivity contribution in [3.8, 4) is 0 Å². The summed E-state index contributed by atoms with van der Waals surface area (Å²) in [6, 6.07) is 13.3. The van der Waals surface area contributed by atoms with Gasteiger partial charge in [-0.05, 0) is 38.6 Å². The average Bonchev–Trinajstić information content (AvgIpc) is 2.77. The van der Waals surface area contributed by atoms with Crippen LogP contribution in [0, 0.1) is 0 Å². The Morgan fingerprint density at radius 2 is 1.77 bits per heavy atom. The van der Waals surface area contributed by atoms with Crippen molar-refractivity contribution >= 4 is 27.7 Å². The molecule has 2 heterocycles. The number of nitrogens with zero attached hydrogens (tertiary/aromatic N) is 4. The zero-order chi connectivity index (χ0) is 22.4. The maximum atomic E-state index is 12.8. The lowest BCUT2D eigenvalue weighted by molar-refractivity contribution is -0.130. The molecule has 1 amide bonds. The first-order chi connectivity index (χ1) is 14.8. The quantitative estimate of drug-likeness (QED) is 0.562. The Morgan fingerprint density at radius 3 is 2.35 bits per heavy atom. The zero-order valence-electron chi connectivity index (χ0n) is 18.3. The van der Waals surface area contributed by atoms with Crippen molar-refractivity contribution in [2.24, 2.45) is 0 Å². The van der Waals surface area contributed by atoms with Crippen LogP contribution in [-0.2, 0) is 21.4 Å². The van der Waals surface area contributed by atoms with Gasteiger partial charge in [-0.15, -0.1) is 0 Å². The Balaban J connectivity index is 1.59. The van der Waals surface area contributed by atoms with Gasteiger partial charge >= 0.3 is 0 Å². The summed E-state index contributed by atoms with van der Waals surface area (Å²) in [7, 11) is -1.55. The number of sulfonamides is 1. The minimum atomic E-state index is -3.53. The van der Waals surface area contributed by atoms with E-state index in [9.17, 15) is 13.2 Å². The number of pyridine rings is 1. The summed E-state index contributed by atoms with van der Waals surface area (Å²) < 4.78 is 27.1. The Bertz CT molecular complexity index is 958. The number of likely N-dealkylation sites (N-methyl/N-ethyl adjacent to an activating group) is 1. The maximum absolute atomic E-state index is 12.8. The van der Waals surface area contributed by atoms with Gasteiger partial charge in [0.25, 0.3) is 0 Å². The van der Waals surface area contributed by atoms with E-state index in [1.165, 1.54) is 22.3 Å². The first-order valence-electron chi connectivity index (χ1n) is 10.4. The van der Waals surface area contributed by atoms with Gasteiger partial charge in [0.1, 0.15) is 4.90 Å². The molecule has 31 heavy (non-hydrogen) atoms. The minimum absolute atomic E-state index is 0.0276. The molecule has 0 spiro atoms. The van der Waals surface area contributed by atoms with Gasteiger partial charge in [0, 0.05) is 45.0 Å². The van der Waals surface area contributed by atoms with Gasteiger partial charge in [0.05, 0.1) is 10.8 Å². The fourth-order valence-corrected chi connectivity index (χ4v) is 5.44. The van der Waals surface area contributed by atoms with Gasteiger partial charge in [-0.3, -0.25) is 4.79 Å². The van der Waals surface area contributed by atoms with E-state index in [0.29, 0.717) is 24.7 Å². The third-order valence-electron chi connectivity index (χ3n) is 5.29. The number of amides is 1. The topological polar surface area (TPSA) is 73.8 Å². The van der Waals surface area contributed by atoms with E-state index in [0.717, 1.165) is 18.7 Å². The van der Waals surface area contributed by atoms with Crippen LogP contribution < -0.4 is 0 Å². The van der Waals surface area contributed by atoms with Gasteiger partial charge in [-0.1, -0.05) is 42.1 Å². The maximum Gasteiger partial charge on any atom is 0.244 e. The van der Waals surface area contributed by atoms with E-state index in [1.54, 1.807) is 12.1 Å².